The molecule has 0 spiro atoms. The van der Waals surface area contributed by atoms with Gasteiger partial charge in [-0.15, -0.1) is 0 Å². The highest BCUT2D eigenvalue weighted by Crippen LogP contribution is 2.28. The van der Waals surface area contributed by atoms with E-state index in [1.165, 1.54) is 6.07 Å². The van der Waals surface area contributed by atoms with Crippen LogP contribution in [0.15, 0.2) is 95.6 Å². The number of rotatable bonds is 11. The van der Waals surface area contributed by atoms with Crippen LogP contribution in [-0.2, 0) is 6.54 Å². The average Bonchev–Trinajstić information content (AvgIpc) is 3.72. The Bertz CT molecular complexity index is 1760. The standard InChI is InChI=1S/C36H36F2N4O3/c1-40(36(44)26-8-3-2-4-9-26)23-28(27-13-14-30(37)31(38)22-27)17-20-41-18-15-25(16-19-41)34(43)35-39-32-11-5-6-12-33(32)42(35)24-29-10-7-21-45-29/h2-14,21-22,25,28H,15-20,23-24H2,1H3. The molecule has 1 amide bonds. The summed E-state index contributed by atoms with van der Waals surface area (Å²) < 4.78 is 35.5. The third kappa shape index (κ3) is 6.88. The van der Waals surface area contributed by atoms with Gasteiger partial charge in [0.1, 0.15) is 5.76 Å². The molecule has 0 N–H and O–H groups in total. The zero-order valence-electron chi connectivity index (χ0n) is 25.2. The number of ketones is 1. The molecular weight excluding hydrogens is 574 g/mol. The second-order valence-electron chi connectivity index (χ2n) is 11.8. The first kappa shape index (κ1) is 30.4. The van der Waals surface area contributed by atoms with Gasteiger partial charge in [0, 0.05) is 31.0 Å². The Labute approximate surface area is 261 Å². The average molecular weight is 611 g/mol. The molecule has 0 radical (unpaired) electrons. The molecule has 1 aliphatic rings. The number of aromatic nitrogens is 2. The number of para-hydroxylation sites is 2. The van der Waals surface area contributed by atoms with E-state index in [1.807, 2.05) is 59.2 Å². The van der Waals surface area contributed by atoms with Gasteiger partial charge in [0.25, 0.3) is 5.91 Å². The van der Waals surface area contributed by atoms with Crippen LogP contribution in [-0.4, -0.2) is 64.3 Å². The number of hydrogen-bond donors (Lipinski definition) is 0. The van der Waals surface area contributed by atoms with Gasteiger partial charge in [0.2, 0.25) is 5.78 Å². The fourth-order valence-electron chi connectivity index (χ4n) is 6.27. The van der Waals surface area contributed by atoms with Crippen molar-refractivity contribution in [2.45, 2.75) is 31.7 Å². The van der Waals surface area contributed by atoms with Crippen LogP contribution in [0, 0.1) is 17.6 Å². The fourth-order valence-corrected chi connectivity index (χ4v) is 6.27. The van der Waals surface area contributed by atoms with Gasteiger partial charge >= 0.3 is 0 Å². The lowest BCUT2D eigenvalue weighted by Gasteiger charge is -2.33. The van der Waals surface area contributed by atoms with Crippen molar-refractivity contribution >= 4 is 22.7 Å². The number of Topliss-reactive ketones (excluding diaryl/α,β-unsaturated/α-hetero) is 1. The Morgan fingerprint density at radius 2 is 1.71 bits per heavy atom. The molecule has 2 aromatic heterocycles. The molecule has 0 bridgehead atoms. The maximum absolute atomic E-state index is 14.2. The molecule has 1 aliphatic heterocycles. The SMILES string of the molecule is CN(CC(CCN1CCC(C(=O)c2nc3ccccc3n2Cc2ccco2)CC1)c1ccc(F)c(F)c1)C(=O)c1ccccc1. The van der Waals surface area contributed by atoms with Crippen LogP contribution < -0.4 is 0 Å². The number of imidazole rings is 1. The molecule has 5 aromatic rings. The minimum atomic E-state index is -0.896. The van der Waals surface area contributed by atoms with E-state index in [1.54, 1.807) is 36.4 Å². The van der Waals surface area contributed by atoms with Crippen LogP contribution in [0.5, 0.6) is 0 Å². The van der Waals surface area contributed by atoms with E-state index in [-0.39, 0.29) is 23.5 Å². The van der Waals surface area contributed by atoms with Crippen molar-refractivity contribution < 1.29 is 22.8 Å². The Kier molecular flexibility index (Phi) is 9.16. The van der Waals surface area contributed by atoms with Crippen LogP contribution in [0.1, 0.15) is 57.5 Å². The van der Waals surface area contributed by atoms with Gasteiger partial charge in [-0.1, -0.05) is 36.4 Å². The normalized spacial score (nSPS) is 14.9. The van der Waals surface area contributed by atoms with Crippen molar-refractivity contribution in [2.75, 3.05) is 33.2 Å². The molecule has 0 aliphatic carbocycles. The van der Waals surface area contributed by atoms with E-state index >= 15 is 0 Å². The number of carbonyl (C=O) groups excluding carboxylic acids is 2. The predicted octanol–water partition coefficient (Wildman–Crippen LogP) is 6.80. The topological polar surface area (TPSA) is 71.6 Å². The maximum atomic E-state index is 14.2. The summed E-state index contributed by atoms with van der Waals surface area (Å²) in [6, 6.07) is 24.5. The summed E-state index contributed by atoms with van der Waals surface area (Å²) in [5.41, 5.74) is 2.91. The van der Waals surface area contributed by atoms with Crippen LogP contribution in [0.4, 0.5) is 8.78 Å². The van der Waals surface area contributed by atoms with E-state index < -0.39 is 11.6 Å². The zero-order chi connectivity index (χ0) is 31.3. The lowest BCUT2D eigenvalue weighted by Crippen LogP contribution is -2.38. The first-order chi connectivity index (χ1) is 21.9. The molecule has 6 rings (SSSR count). The third-order valence-electron chi connectivity index (χ3n) is 8.80. The highest BCUT2D eigenvalue weighted by Gasteiger charge is 2.30. The number of amides is 1. The quantitative estimate of drug-likeness (QED) is 0.154. The number of furan rings is 1. The fraction of sp³-hybridized carbons (Fsp3) is 0.306. The van der Waals surface area contributed by atoms with E-state index in [9.17, 15) is 18.4 Å². The van der Waals surface area contributed by atoms with Gasteiger partial charge in [0.15, 0.2) is 17.5 Å². The van der Waals surface area contributed by atoms with Gasteiger partial charge in [-0.3, -0.25) is 9.59 Å². The summed E-state index contributed by atoms with van der Waals surface area (Å²) >= 11 is 0. The number of likely N-dealkylation sites (tertiary alicyclic amines) is 1. The van der Waals surface area contributed by atoms with Crippen molar-refractivity contribution in [2.24, 2.45) is 5.92 Å². The Hall–Kier alpha value is -4.63. The summed E-state index contributed by atoms with van der Waals surface area (Å²) in [5.74, 6) is -1.01. The van der Waals surface area contributed by atoms with Crippen LogP contribution in [0.3, 0.4) is 0 Å². The Balaban J connectivity index is 1.11. The number of fused-ring (bicyclic) bond motifs is 1. The zero-order valence-corrected chi connectivity index (χ0v) is 25.2. The van der Waals surface area contributed by atoms with Crippen LogP contribution in [0.25, 0.3) is 11.0 Å². The van der Waals surface area contributed by atoms with Crippen molar-refractivity contribution in [1.82, 2.24) is 19.4 Å². The largest absolute Gasteiger partial charge is 0.467 e. The monoisotopic (exact) mass is 610 g/mol. The lowest BCUT2D eigenvalue weighted by molar-refractivity contribution is 0.0779. The minimum absolute atomic E-state index is 0.0399. The number of halogens is 2. The van der Waals surface area contributed by atoms with E-state index in [0.717, 1.165) is 35.9 Å². The number of likely N-dealkylation sites (N-methyl/N-ethyl adjacent to an activating group) is 1. The van der Waals surface area contributed by atoms with Gasteiger partial charge < -0.3 is 18.8 Å². The molecule has 9 heteroatoms. The van der Waals surface area contributed by atoms with Crippen LogP contribution >= 0.6 is 0 Å². The molecule has 7 nitrogen and oxygen atoms in total. The minimum Gasteiger partial charge on any atom is -0.467 e. The van der Waals surface area contributed by atoms with Gasteiger partial charge in [-0.25, -0.2) is 13.8 Å². The summed E-state index contributed by atoms with van der Waals surface area (Å²) in [6.07, 6.45) is 3.67. The predicted molar refractivity (Wildman–Crippen MR) is 168 cm³/mol. The molecule has 1 unspecified atom stereocenters. The van der Waals surface area contributed by atoms with Crippen molar-refractivity contribution in [1.29, 1.82) is 0 Å². The first-order valence-corrected chi connectivity index (χ1v) is 15.4. The van der Waals surface area contributed by atoms with Crippen molar-refractivity contribution in [3.63, 3.8) is 0 Å². The summed E-state index contributed by atoms with van der Waals surface area (Å²) in [4.78, 5) is 35.5. The molecular formula is C36H36F2N4O3. The Morgan fingerprint density at radius 3 is 2.44 bits per heavy atom. The summed E-state index contributed by atoms with van der Waals surface area (Å²) in [6.45, 7) is 2.96. The van der Waals surface area contributed by atoms with Gasteiger partial charge in [-0.05, 0) is 93.0 Å². The number of benzene rings is 3. The molecule has 1 saturated heterocycles. The molecule has 232 valence electrons. The number of piperidine rings is 1. The summed E-state index contributed by atoms with van der Waals surface area (Å²) in [5, 5.41) is 0. The van der Waals surface area contributed by atoms with E-state index in [2.05, 4.69) is 4.90 Å². The van der Waals surface area contributed by atoms with Gasteiger partial charge in [-0.2, -0.15) is 0 Å². The molecule has 45 heavy (non-hydrogen) atoms. The molecule has 3 heterocycles. The van der Waals surface area contributed by atoms with Crippen molar-refractivity contribution in [3.05, 3.63) is 126 Å². The number of hydrogen-bond acceptors (Lipinski definition) is 5. The highest BCUT2D eigenvalue weighted by atomic mass is 19.2. The number of carbonyl (C=O) groups is 2. The maximum Gasteiger partial charge on any atom is 0.253 e. The second kappa shape index (κ2) is 13.6. The Morgan fingerprint density at radius 1 is 0.956 bits per heavy atom. The van der Waals surface area contributed by atoms with E-state index in [0.29, 0.717) is 55.8 Å². The highest BCUT2D eigenvalue weighted by molar-refractivity contribution is 5.98. The third-order valence-corrected chi connectivity index (χ3v) is 8.80. The smallest absolute Gasteiger partial charge is 0.253 e. The molecule has 3 aromatic carbocycles. The van der Waals surface area contributed by atoms with Crippen molar-refractivity contribution in [3.8, 4) is 0 Å². The van der Waals surface area contributed by atoms with E-state index in [4.69, 9.17) is 9.40 Å². The lowest BCUT2D eigenvalue weighted by atomic mass is 9.90. The molecule has 1 atom stereocenters. The molecule has 1 fully saturated rings. The summed E-state index contributed by atoms with van der Waals surface area (Å²) in [7, 11) is 1.73. The second-order valence-corrected chi connectivity index (χ2v) is 11.8. The van der Waals surface area contributed by atoms with Crippen LogP contribution in [0.2, 0.25) is 0 Å². The first-order valence-electron chi connectivity index (χ1n) is 15.4. The molecule has 0 saturated carbocycles. The number of nitrogens with zero attached hydrogens (tertiary/aromatic N) is 4. The van der Waals surface area contributed by atoms with Gasteiger partial charge in [0.05, 0.1) is 23.8 Å².